The number of amides is 2. The Morgan fingerprint density at radius 2 is 1.77 bits per heavy atom. The van der Waals surface area contributed by atoms with Crippen LogP contribution in [0.25, 0.3) is 11.3 Å². The van der Waals surface area contributed by atoms with Gasteiger partial charge in [0.2, 0.25) is 5.91 Å². The Balaban J connectivity index is 1.52. The van der Waals surface area contributed by atoms with E-state index < -0.39 is 29.7 Å². The van der Waals surface area contributed by atoms with Gasteiger partial charge in [-0.1, -0.05) is 30.3 Å². The fraction of sp³-hybridized carbons (Fsp3) is 0.531. The van der Waals surface area contributed by atoms with Gasteiger partial charge in [0.25, 0.3) is 5.91 Å². The number of carbonyl (C=O) groups is 4. The summed E-state index contributed by atoms with van der Waals surface area (Å²) in [5.41, 5.74) is 1.81. The fourth-order valence-electron chi connectivity index (χ4n) is 5.11. The molecule has 1 aliphatic heterocycles. The highest BCUT2D eigenvalue weighted by Crippen LogP contribution is 2.47. The molecule has 2 fully saturated rings. The number of nitrogens with zero attached hydrogens (tertiary/aromatic N) is 3. The Kier molecular flexibility index (Phi) is 10.9. The van der Waals surface area contributed by atoms with Crippen LogP contribution < -0.4 is 5.32 Å². The van der Waals surface area contributed by atoms with Crippen molar-refractivity contribution in [3.05, 3.63) is 53.7 Å². The molecule has 1 saturated carbocycles. The topological polar surface area (TPSA) is 148 Å². The molecule has 44 heavy (non-hydrogen) atoms. The van der Waals surface area contributed by atoms with E-state index in [9.17, 15) is 24.3 Å². The number of pyridine rings is 1. The highest BCUT2D eigenvalue weighted by Gasteiger charge is 2.38. The first-order valence-corrected chi connectivity index (χ1v) is 15.1. The Labute approximate surface area is 257 Å². The summed E-state index contributed by atoms with van der Waals surface area (Å²) >= 11 is 0. The number of ether oxygens (including phenoxy) is 2. The van der Waals surface area contributed by atoms with Crippen molar-refractivity contribution < 1.29 is 38.6 Å². The van der Waals surface area contributed by atoms with Crippen LogP contribution >= 0.6 is 0 Å². The summed E-state index contributed by atoms with van der Waals surface area (Å²) in [6, 6.07) is 12.1. The Bertz CT molecular complexity index is 1320. The number of aliphatic hydroxyl groups is 1. The number of rotatable bonds is 11. The van der Waals surface area contributed by atoms with Crippen molar-refractivity contribution in [2.24, 2.45) is 5.92 Å². The zero-order valence-corrected chi connectivity index (χ0v) is 25.8. The molecule has 2 unspecified atom stereocenters. The van der Waals surface area contributed by atoms with Gasteiger partial charge in [-0.25, -0.2) is 9.78 Å². The van der Waals surface area contributed by atoms with Crippen LogP contribution in [0.2, 0.25) is 0 Å². The summed E-state index contributed by atoms with van der Waals surface area (Å²) in [5, 5.41) is 13.9. The van der Waals surface area contributed by atoms with E-state index in [0.717, 1.165) is 17.5 Å². The SMILES string of the molecule is CCOC(=O)ON1CCN(C(=O)[C@H](CCC(=O)OC(C)(C)C)NC(=O)c2cc(C3CC3CO)cc(-c3ccccc3)n2)CC1. The van der Waals surface area contributed by atoms with Gasteiger partial charge in [0, 0.05) is 31.7 Å². The molecule has 1 saturated heterocycles. The zero-order chi connectivity index (χ0) is 31.9. The third-order valence-electron chi connectivity index (χ3n) is 7.41. The minimum atomic E-state index is -1.02. The second-order valence-electron chi connectivity index (χ2n) is 12.0. The predicted octanol–water partition coefficient (Wildman–Crippen LogP) is 3.30. The average molecular weight is 611 g/mol. The van der Waals surface area contributed by atoms with Crippen LogP contribution in [0.5, 0.6) is 0 Å². The number of esters is 1. The fourth-order valence-corrected chi connectivity index (χ4v) is 5.11. The molecule has 2 heterocycles. The first kappa shape index (κ1) is 32.9. The van der Waals surface area contributed by atoms with E-state index >= 15 is 0 Å². The second kappa shape index (κ2) is 14.6. The van der Waals surface area contributed by atoms with Crippen LogP contribution in [0.4, 0.5) is 4.79 Å². The quantitative estimate of drug-likeness (QED) is 0.363. The normalized spacial score (nSPS) is 19.1. The summed E-state index contributed by atoms with van der Waals surface area (Å²) in [6.45, 7) is 8.21. The van der Waals surface area contributed by atoms with Crippen molar-refractivity contribution in [1.82, 2.24) is 20.3 Å². The summed E-state index contributed by atoms with van der Waals surface area (Å²) in [5.74, 6) is -1.13. The van der Waals surface area contributed by atoms with Gasteiger partial charge in [-0.3, -0.25) is 14.4 Å². The number of aromatic nitrogens is 1. The van der Waals surface area contributed by atoms with Crippen molar-refractivity contribution >= 4 is 23.9 Å². The minimum absolute atomic E-state index is 0.0273. The smallest absolute Gasteiger partial charge is 0.460 e. The van der Waals surface area contributed by atoms with Crippen LogP contribution in [0.1, 0.15) is 68.9 Å². The van der Waals surface area contributed by atoms with E-state index in [0.29, 0.717) is 5.69 Å². The molecule has 238 valence electrons. The molecule has 0 spiro atoms. The molecule has 2 aliphatic rings. The highest BCUT2D eigenvalue weighted by atomic mass is 16.8. The average Bonchev–Trinajstić information content (AvgIpc) is 3.79. The lowest BCUT2D eigenvalue weighted by Crippen LogP contribution is -2.55. The lowest BCUT2D eigenvalue weighted by atomic mass is 10.0. The molecule has 1 aromatic carbocycles. The van der Waals surface area contributed by atoms with E-state index in [1.54, 1.807) is 38.7 Å². The monoisotopic (exact) mass is 610 g/mol. The molecule has 2 amide bonds. The van der Waals surface area contributed by atoms with Crippen molar-refractivity contribution in [3.63, 3.8) is 0 Å². The number of nitrogens with one attached hydrogen (secondary N) is 1. The molecular formula is C32H42N4O8. The lowest BCUT2D eigenvalue weighted by molar-refractivity contribution is -0.158. The third-order valence-corrected chi connectivity index (χ3v) is 7.41. The minimum Gasteiger partial charge on any atom is -0.460 e. The molecule has 12 nitrogen and oxygen atoms in total. The van der Waals surface area contributed by atoms with Gasteiger partial charge in [-0.05, 0) is 70.1 Å². The number of hydrogen-bond donors (Lipinski definition) is 2. The maximum Gasteiger partial charge on any atom is 0.527 e. The number of benzene rings is 1. The maximum atomic E-state index is 13.7. The van der Waals surface area contributed by atoms with E-state index in [1.807, 2.05) is 36.4 Å². The number of hydrogen-bond acceptors (Lipinski definition) is 10. The van der Waals surface area contributed by atoms with Crippen molar-refractivity contribution in [1.29, 1.82) is 0 Å². The lowest BCUT2D eigenvalue weighted by Gasteiger charge is -2.35. The Morgan fingerprint density at radius 1 is 1.07 bits per heavy atom. The van der Waals surface area contributed by atoms with Crippen LogP contribution in [0.15, 0.2) is 42.5 Å². The first-order valence-electron chi connectivity index (χ1n) is 15.1. The summed E-state index contributed by atoms with van der Waals surface area (Å²) in [6.07, 6.45) is -0.0445. The Hall–Kier alpha value is -4.03. The van der Waals surface area contributed by atoms with Crippen molar-refractivity contribution in [2.45, 2.75) is 64.5 Å². The van der Waals surface area contributed by atoms with E-state index in [-0.39, 0.29) is 75.7 Å². The van der Waals surface area contributed by atoms with Gasteiger partial charge >= 0.3 is 12.1 Å². The predicted molar refractivity (Wildman–Crippen MR) is 160 cm³/mol. The molecule has 0 bridgehead atoms. The molecule has 2 N–H and O–H groups in total. The van der Waals surface area contributed by atoms with Crippen LogP contribution in [-0.2, 0) is 23.9 Å². The third kappa shape index (κ3) is 9.23. The molecule has 3 atom stereocenters. The first-order chi connectivity index (χ1) is 21.0. The van der Waals surface area contributed by atoms with Crippen LogP contribution in [0, 0.1) is 5.92 Å². The molecular weight excluding hydrogens is 568 g/mol. The van der Waals surface area contributed by atoms with Gasteiger partial charge in [0.1, 0.15) is 17.3 Å². The second-order valence-corrected chi connectivity index (χ2v) is 12.0. The summed E-state index contributed by atoms with van der Waals surface area (Å²) in [7, 11) is 0. The number of carbonyl (C=O) groups excluding carboxylic acids is 4. The van der Waals surface area contributed by atoms with E-state index in [4.69, 9.17) is 14.3 Å². The molecule has 1 aromatic heterocycles. The van der Waals surface area contributed by atoms with E-state index in [1.165, 1.54) is 5.06 Å². The van der Waals surface area contributed by atoms with Crippen molar-refractivity contribution in [2.75, 3.05) is 39.4 Å². The standard InChI is InChI=1S/C32H42N4O8/c1-5-42-31(41)44-36-15-13-35(14-16-36)30(40)25(11-12-28(38)43-32(2,3)4)34-29(39)27-19-22(24-17-23(24)20-37)18-26(33-27)21-9-7-6-8-10-21/h6-10,18-19,23-25,37H,5,11-17,20H2,1-4H3,(H,34,39)/t23?,24?,25-/m0/s1. The van der Waals surface area contributed by atoms with Crippen LogP contribution in [-0.4, -0.2) is 95.0 Å². The number of hydroxylamine groups is 2. The Morgan fingerprint density at radius 3 is 2.39 bits per heavy atom. The maximum absolute atomic E-state index is 13.7. The van der Waals surface area contributed by atoms with Gasteiger partial charge in [-0.15, -0.1) is 5.06 Å². The van der Waals surface area contributed by atoms with Gasteiger partial charge in [0.05, 0.1) is 25.4 Å². The van der Waals surface area contributed by atoms with Crippen molar-refractivity contribution in [3.8, 4) is 11.3 Å². The highest BCUT2D eigenvalue weighted by molar-refractivity contribution is 5.97. The number of aliphatic hydroxyl groups excluding tert-OH is 1. The van der Waals surface area contributed by atoms with Gasteiger partial charge in [0.15, 0.2) is 0 Å². The largest absolute Gasteiger partial charge is 0.527 e. The van der Waals surface area contributed by atoms with E-state index in [2.05, 4.69) is 10.3 Å². The molecule has 1 aliphatic carbocycles. The summed E-state index contributed by atoms with van der Waals surface area (Å²) in [4.78, 5) is 63.0. The summed E-state index contributed by atoms with van der Waals surface area (Å²) < 4.78 is 10.2. The number of piperazine rings is 1. The van der Waals surface area contributed by atoms with Crippen LogP contribution in [0.3, 0.4) is 0 Å². The molecule has 2 aromatic rings. The molecule has 0 radical (unpaired) electrons. The molecule has 4 rings (SSSR count). The zero-order valence-electron chi connectivity index (χ0n) is 25.8. The van der Waals surface area contributed by atoms with Gasteiger partial charge < -0.3 is 29.6 Å². The molecule has 12 heteroatoms. The van der Waals surface area contributed by atoms with Gasteiger partial charge in [-0.2, -0.15) is 0 Å².